The molecule has 134 valence electrons. The summed E-state index contributed by atoms with van der Waals surface area (Å²) in [5, 5.41) is 4.19. The van der Waals surface area contributed by atoms with Crippen LogP contribution in [0.25, 0.3) is 0 Å². The van der Waals surface area contributed by atoms with E-state index in [0.29, 0.717) is 17.3 Å². The van der Waals surface area contributed by atoms with Gasteiger partial charge >= 0.3 is 0 Å². The van der Waals surface area contributed by atoms with Crippen molar-refractivity contribution in [3.05, 3.63) is 71.5 Å². The summed E-state index contributed by atoms with van der Waals surface area (Å²) in [4.78, 5) is 16.5. The predicted molar refractivity (Wildman–Crippen MR) is 105 cm³/mol. The van der Waals surface area contributed by atoms with Crippen LogP contribution in [0.2, 0.25) is 5.02 Å². The second-order valence-electron chi connectivity index (χ2n) is 5.50. The topological polar surface area (TPSA) is 56.2 Å². The number of halogens is 1. The van der Waals surface area contributed by atoms with Gasteiger partial charge in [-0.3, -0.25) is 4.79 Å². The molecule has 7 heteroatoms. The van der Waals surface area contributed by atoms with E-state index in [2.05, 4.69) is 10.3 Å². The smallest absolute Gasteiger partial charge is 0.234 e. The first-order chi connectivity index (χ1) is 12.7. The number of anilines is 1. The van der Waals surface area contributed by atoms with Crippen molar-refractivity contribution in [2.24, 2.45) is 0 Å². The lowest BCUT2D eigenvalue weighted by Crippen LogP contribution is -2.14. The van der Waals surface area contributed by atoms with Gasteiger partial charge < -0.3 is 14.6 Å². The molecule has 3 aromatic rings. The van der Waals surface area contributed by atoms with Crippen molar-refractivity contribution < 1.29 is 9.53 Å². The van der Waals surface area contributed by atoms with Gasteiger partial charge in [0.15, 0.2) is 5.16 Å². The standard InChI is InChI=1S/C19H18ClN3O2S/c1-25-17-8-3-2-5-14(17)12-23-10-9-21-19(23)26-13-18(24)22-16-7-4-6-15(20)11-16/h2-11H,12-13H2,1H3,(H,22,24). The molecule has 0 saturated carbocycles. The van der Waals surface area contributed by atoms with Crippen molar-refractivity contribution in [1.29, 1.82) is 0 Å². The number of aromatic nitrogens is 2. The van der Waals surface area contributed by atoms with Crippen LogP contribution in [0.15, 0.2) is 66.1 Å². The molecule has 3 rings (SSSR count). The molecule has 2 aromatic carbocycles. The minimum Gasteiger partial charge on any atom is -0.496 e. The molecule has 5 nitrogen and oxygen atoms in total. The molecule has 1 heterocycles. The Balaban J connectivity index is 1.61. The van der Waals surface area contributed by atoms with Gasteiger partial charge in [0, 0.05) is 28.7 Å². The molecule has 1 N–H and O–H groups in total. The maximum Gasteiger partial charge on any atom is 0.234 e. The number of rotatable bonds is 7. The van der Waals surface area contributed by atoms with Crippen LogP contribution in [0, 0.1) is 0 Å². The first-order valence-electron chi connectivity index (χ1n) is 7.97. The molecule has 0 bridgehead atoms. The molecular weight excluding hydrogens is 370 g/mol. The summed E-state index contributed by atoms with van der Waals surface area (Å²) in [5.41, 5.74) is 1.73. The molecule has 0 spiro atoms. The Kier molecular flexibility index (Phi) is 6.20. The van der Waals surface area contributed by atoms with E-state index in [-0.39, 0.29) is 11.7 Å². The van der Waals surface area contributed by atoms with Gasteiger partial charge in [0.1, 0.15) is 5.75 Å². The van der Waals surface area contributed by atoms with Crippen LogP contribution in [0.1, 0.15) is 5.56 Å². The normalized spacial score (nSPS) is 10.5. The molecule has 0 radical (unpaired) electrons. The van der Waals surface area contributed by atoms with Crippen LogP contribution < -0.4 is 10.1 Å². The molecule has 0 unspecified atom stereocenters. The molecule has 0 atom stereocenters. The maximum atomic E-state index is 12.2. The fraction of sp³-hybridized carbons (Fsp3) is 0.158. The van der Waals surface area contributed by atoms with Crippen molar-refractivity contribution in [2.75, 3.05) is 18.2 Å². The summed E-state index contributed by atoms with van der Waals surface area (Å²) < 4.78 is 7.39. The van der Waals surface area contributed by atoms with Gasteiger partial charge in [-0.1, -0.05) is 47.6 Å². The van der Waals surface area contributed by atoms with Crippen LogP contribution in [-0.4, -0.2) is 28.3 Å². The molecule has 0 aliphatic rings. The number of para-hydroxylation sites is 1. The lowest BCUT2D eigenvalue weighted by atomic mass is 10.2. The highest BCUT2D eigenvalue weighted by molar-refractivity contribution is 7.99. The van der Waals surface area contributed by atoms with Gasteiger partial charge in [-0.05, 0) is 24.3 Å². The van der Waals surface area contributed by atoms with Crippen molar-refractivity contribution in [3.63, 3.8) is 0 Å². The summed E-state index contributed by atoms with van der Waals surface area (Å²) in [5.74, 6) is 0.982. The average molecular weight is 388 g/mol. The molecular formula is C19H18ClN3O2S. The third kappa shape index (κ3) is 4.80. The van der Waals surface area contributed by atoms with E-state index < -0.39 is 0 Å². The zero-order chi connectivity index (χ0) is 18.4. The van der Waals surface area contributed by atoms with Gasteiger partial charge in [0.2, 0.25) is 5.91 Å². The van der Waals surface area contributed by atoms with Crippen LogP contribution in [0.4, 0.5) is 5.69 Å². The van der Waals surface area contributed by atoms with E-state index in [1.807, 2.05) is 35.0 Å². The fourth-order valence-electron chi connectivity index (χ4n) is 2.47. The van der Waals surface area contributed by atoms with Crippen molar-refractivity contribution in [2.45, 2.75) is 11.7 Å². The number of hydrogen-bond donors (Lipinski definition) is 1. The van der Waals surface area contributed by atoms with Gasteiger partial charge in [-0.15, -0.1) is 0 Å². The highest BCUT2D eigenvalue weighted by atomic mass is 35.5. The van der Waals surface area contributed by atoms with E-state index in [4.69, 9.17) is 16.3 Å². The van der Waals surface area contributed by atoms with Crippen molar-refractivity contribution in [1.82, 2.24) is 9.55 Å². The second kappa shape index (κ2) is 8.78. The lowest BCUT2D eigenvalue weighted by molar-refractivity contribution is -0.113. The average Bonchev–Trinajstić information content (AvgIpc) is 3.07. The number of nitrogens with one attached hydrogen (secondary N) is 1. The first-order valence-corrected chi connectivity index (χ1v) is 9.33. The quantitative estimate of drug-likeness (QED) is 0.613. The zero-order valence-corrected chi connectivity index (χ0v) is 15.8. The Morgan fingerprint density at radius 2 is 2.12 bits per heavy atom. The minimum atomic E-state index is -0.107. The number of imidazole rings is 1. The molecule has 1 amide bonds. The number of hydrogen-bond acceptors (Lipinski definition) is 4. The van der Waals surface area contributed by atoms with Crippen LogP contribution in [0.3, 0.4) is 0 Å². The molecule has 26 heavy (non-hydrogen) atoms. The van der Waals surface area contributed by atoms with E-state index in [0.717, 1.165) is 16.5 Å². The Morgan fingerprint density at radius 3 is 2.92 bits per heavy atom. The molecule has 0 saturated heterocycles. The fourth-order valence-corrected chi connectivity index (χ4v) is 3.42. The predicted octanol–water partition coefficient (Wildman–Crippen LogP) is 4.32. The van der Waals surface area contributed by atoms with Crippen LogP contribution in [0.5, 0.6) is 5.75 Å². The Bertz CT molecular complexity index is 898. The summed E-state index contributed by atoms with van der Waals surface area (Å²) >= 11 is 7.31. The zero-order valence-electron chi connectivity index (χ0n) is 14.2. The Labute approximate surface area is 161 Å². The van der Waals surface area contributed by atoms with E-state index in [1.165, 1.54) is 11.8 Å². The maximum absolute atomic E-state index is 12.2. The number of carbonyl (C=O) groups excluding carboxylic acids is 1. The van der Waals surface area contributed by atoms with Crippen LogP contribution in [-0.2, 0) is 11.3 Å². The largest absolute Gasteiger partial charge is 0.496 e. The highest BCUT2D eigenvalue weighted by Crippen LogP contribution is 2.22. The Hall–Kier alpha value is -2.44. The van der Waals surface area contributed by atoms with E-state index >= 15 is 0 Å². The highest BCUT2D eigenvalue weighted by Gasteiger charge is 2.10. The third-order valence-electron chi connectivity index (χ3n) is 3.65. The minimum absolute atomic E-state index is 0.107. The van der Waals surface area contributed by atoms with Crippen LogP contribution >= 0.6 is 23.4 Å². The first kappa shape index (κ1) is 18.4. The van der Waals surface area contributed by atoms with Crippen molar-refractivity contribution in [3.8, 4) is 5.75 Å². The van der Waals surface area contributed by atoms with E-state index in [9.17, 15) is 4.79 Å². The SMILES string of the molecule is COc1ccccc1Cn1ccnc1SCC(=O)Nc1cccc(Cl)c1. The number of benzene rings is 2. The molecule has 0 fully saturated rings. The number of thioether (sulfide) groups is 1. The lowest BCUT2D eigenvalue weighted by Gasteiger charge is -2.11. The monoisotopic (exact) mass is 387 g/mol. The molecule has 1 aromatic heterocycles. The third-order valence-corrected chi connectivity index (χ3v) is 4.89. The number of ether oxygens (including phenoxy) is 1. The molecule has 0 aliphatic carbocycles. The van der Waals surface area contributed by atoms with Crippen molar-refractivity contribution >= 4 is 35.0 Å². The summed E-state index contributed by atoms with van der Waals surface area (Å²) in [6.07, 6.45) is 3.62. The summed E-state index contributed by atoms with van der Waals surface area (Å²) in [6.45, 7) is 0.627. The second-order valence-corrected chi connectivity index (χ2v) is 6.88. The van der Waals surface area contributed by atoms with Gasteiger partial charge in [0.25, 0.3) is 0 Å². The number of nitrogens with zero attached hydrogens (tertiary/aromatic N) is 2. The number of methoxy groups -OCH3 is 1. The number of carbonyl (C=O) groups is 1. The van der Waals surface area contributed by atoms with Gasteiger partial charge in [-0.2, -0.15) is 0 Å². The summed E-state index contributed by atoms with van der Waals surface area (Å²) in [7, 11) is 1.66. The van der Waals surface area contributed by atoms with Gasteiger partial charge in [0.05, 0.1) is 19.4 Å². The Morgan fingerprint density at radius 1 is 1.27 bits per heavy atom. The number of amides is 1. The summed E-state index contributed by atoms with van der Waals surface area (Å²) in [6, 6.07) is 14.9. The van der Waals surface area contributed by atoms with Gasteiger partial charge in [-0.25, -0.2) is 4.98 Å². The van der Waals surface area contributed by atoms with E-state index in [1.54, 1.807) is 37.6 Å². The molecule has 0 aliphatic heterocycles.